The van der Waals surface area contributed by atoms with Crippen LogP contribution in [0.3, 0.4) is 0 Å². The third-order valence-electron chi connectivity index (χ3n) is 2.11. The molecule has 7 nitrogen and oxygen atoms in total. The van der Waals surface area contributed by atoms with Crippen LogP contribution in [0.15, 0.2) is 34.8 Å². The van der Waals surface area contributed by atoms with Gasteiger partial charge in [0.1, 0.15) is 0 Å². The highest BCUT2D eigenvalue weighted by Crippen LogP contribution is 2.21. The molecule has 0 spiro atoms. The van der Waals surface area contributed by atoms with Crippen LogP contribution < -0.4 is 4.72 Å². The zero-order valence-electron chi connectivity index (χ0n) is 8.90. The number of carboxylic acids is 1. The Labute approximate surface area is 107 Å². The molecule has 0 saturated heterocycles. The van der Waals surface area contributed by atoms with Crippen molar-refractivity contribution in [3.05, 3.63) is 34.7 Å². The number of carboxylic acid groups (broad SMARTS) is 1. The third-order valence-corrected chi connectivity index (χ3v) is 4.40. The first kappa shape index (κ1) is 12.7. The quantitative estimate of drug-likeness (QED) is 0.744. The zero-order valence-corrected chi connectivity index (χ0v) is 10.5. The number of thiophene rings is 1. The number of carbonyl (C=O) groups is 1. The van der Waals surface area contributed by atoms with E-state index in [1.54, 1.807) is 17.5 Å². The van der Waals surface area contributed by atoms with E-state index in [9.17, 15) is 13.2 Å². The number of hydrogen-bond donors (Lipinski definition) is 3. The minimum absolute atomic E-state index is 0.176. The van der Waals surface area contributed by atoms with Gasteiger partial charge >= 0.3 is 5.97 Å². The van der Waals surface area contributed by atoms with Crippen molar-refractivity contribution in [2.75, 3.05) is 0 Å². The fourth-order valence-corrected chi connectivity index (χ4v) is 3.22. The molecule has 0 bridgehead atoms. The largest absolute Gasteiger partial charge is 0.480 e. The van der Waals surface area contributed by atoms with E-state index in [0.717, 1.165) is 11.3 Å². The maximum atomic E-state index is 11.9. The number of H-pyrrole nitrogens is 1. The fourth-order valence-electron chi connectivity index (χ4n) is 1.30. The second-order valence-corrected chi connectivity index (χ2v) is 5.99. The van der Waals surface area contributed by atoms with Crippen LogP contribution in [0.25, 0.3) is 0 Å². The van der Waals surface area contributed by atoms with Crippen LogP contribution >= 0.6 is 11.3 Å². The van der Waals surface area contributed by atoms with Crippen LogP contribution in [0.1, 0.15) is 10.9 Å². The number of sulfonamides is 1. The summed E-state index contributed by atoms with van der Waals surface area (Å²) in [6, 6.07) is 3.15. The van der Waals surface area contributed by atoms with Crippen LogP contribution in [-0.4, -0.2) is 29.7 Å². The maximum absolute atomic E-state index is 11.9. The lowest BCUT2D eigenvalue weighted by Gasteiger charge is -2.12. The maximum Gasteiger partial charge on any atom is 0.327 e. The summed E-state index contributed by atoms with van der Waals surface area (Å²) in [6.07, 6.45) is 1.27. The summed E-state index contributed by atoms with van der Waals surface area (Å²) in [6.45, 7) is 0. The van der Waals surface area contributed by atoms with Gasteiger partial charge in [-0.1, -0.05) is 6.07 Å². The first-order valence-electron chi connectivity index (χ1n) is 4.78. The molecule has 1 unspecified atom stereocenters. The van der Waals surface area contributed by atoms with Crippen molar-refractivity contribution < 1.29 is 18.3 Å². The van der Waals surface area contributed by atoms with Crippen LogP contribution in [0.5, 0.6) is 0 Å². The molecule has 0 aliphatic rings. The Kier molecular flexibility index (Phi) is 3.45. The Morgan fingerprint density at radius 2 is 2.28 bits per heavy atom. The summed E-state index contributed by atoms with van der Waals surface area (Å²) in [7, 11) is -3.93. The van der Waals surface area contributed by atoms with E-state index in [2.05, 4.69) is 14.9 Å². The fraction of sp³-hybridized carbons (Fsp3) is 0.111. The molecular weight excluding hydrogens is 278 g/mol. The highest BCUT2D eigenvalue weighted by Gasteiger charge is 2.28. The number of nitrogens with one attached hydrogen (secondary N) is 2. The van der Waals surface area contributed by atoms with E-state index in [1.165, 1.54) is 12.3 Å². The second kappa shape index (κ2) is 4.88. The van der Waals surface area contributed by atoms with Gasteiger partial charge in [-0.15, -0.1) is 11.3 Å². The molecule has 0 aliphatic carbocycles. The van der Waals surface area contributed by atoms with Crippen LogP contribution in [-0.2, 0) is 14.8 Å². The molecule has 1 atom stereocenters. The average molecular weight is 287 g/mol. The highest BCUT2D eigenvalue weighted by molar-refractivity contribution is 7.89. The molecule has 2 aromatic heterocycles. The van der Waals surface area contributed by atoms with Gasteiger partial charge in [0.15, 0.2) is 11.1 Å². The van der Waals surface area contributed by atoms with Gasteiger partial charge in [-0.05, 0) is 17.5 Å². The smallest absolute Gasteiger partial charge is 0.327 e. The number of aromatic nitrogens is 2. The molecule has 9 heteroatoms. The highest BCUT2D eigenvalue weighted by atomic mass is 32.2. The Morgan fingerprint density at radius 1 is 1.50 bits per heavy atom. The molecule has 0 aliphatic heterocycles. The molecule has 0 fully saturated rings. The average Bonchev–Trinajstić information content (AvgIpc) is 2.98. The number of rotatable bonds is 5. The van der Waals surface area contributed by atoms with E-state index in [0.29, 0.717) is 4.88 Å². The van der Waals surface area contributed by atoms with Gasteiger partial charge in [0.2, 0.25) is 0 Å². The summed E-state index contributed by atoms with van der Waals surface area (Å²) in [5.41, 5.74) is 0. The summed E-state index contributed by atoms with van der Waals surface area (Å²) in [4.78, 5) is 11.5. The topological polar surface area (TPSA) is 112 Å². The van der Waals surface area contributed by atoms with E-state index < -0.39 is 22.0 Å². The summed E-state index contributed by atoms with van der Waals surface area (Å²) in [5, 5.41) is 16.4. The lowest BCUT2D eigenvalue weighted by Crippen LogP contribution is -2.33. The van der Waals surface area contributed by atoms with Crippen molar-refractivity contribution in [3.8, 4) is 0 Å². The first-order valence-corrected chi connectivity index (χ1v) is 7.15. The third kappa shape index (κ3) is 2.58. The molecule has 2 heterocycles. The van der Waals surface area contributed by atoms with Crippen molar-refractivity contribution in [3.63, 3.8) is 0 Å². The summed E-state index contributed by atoms with van der Waals surface area (Å²) >= 11 is 1.16. The molecule has 3 N–H and O–H groups in total. The van der Waals surface area contributed by atoms with E-state index in [4.69, 9.17) is 5.11 Å². The zero-order chi connectivity index (χ0) is 13.2. The van der Waals surface area contributed by atoms with Gasteiger partial charge in [-0.25, -0.2) is 8.42 Å². The van der Waals surface area contributed by atoms with E-state index in [1.807, 2.05) is 0 Å². The Bertz CT molecular complexity index is 619. The minimum Gasteiger partial charge on any atom is -0.480 e. The van der Waals surface area contributed by atoms with Crippen molar-refractivity contribution in [1.29, 1.82) is 0 Å². The molecule has 0 radical (unpaired) electrons. The number of nitrogens with zero attached hydrogens (tertiary/aromatic N) is 1. The monoisotopic (exact) mass is 287 g/mol. The molecule has 96 valence electrons. The van der Waals surface area contributed by atoms with Crippen molar-refractivity contribution >= 4 is 27.3 Å². The van der Waals surface area contributed by atoms with E-state index >= 15 is 0 Å². The lowest BCUT2D eigenvalue weighted by atomic mass is 10.3. The van der Waals surface area contributed by atoms with Gasteiger partial charge in [0.25, 0.3) is 10.0 Å². The summed E-state index contributed by atoms with van der Waals surface area (Å²) < 4.78 is 25.8. The van der Waals surface area contributed by atoms with Gasteiger partial charge in [-0.2, -0.15) is 9.82 Å². The molecule has 18 heavy (non-hydrogen) atoms. The number of aliphatic carboxylic acids is 1. The van der Waals surface area contributed by atoms with Crippen molar-refractivity contribution in [1.82, 2.24) is 14.9 Å². The molecular formula is C9H9N3O4S2. The number of aromatic amines is 1. The standard InChI is InChI=1S/C9H9N3O4S2/c13-9(14)8(6-2-1-5-17-6)12-18(15,16)7-3-4-10-11-7/h1-5,8,12H,(H,10,11)(H,13,14). The Hall–Kier alpha value is -1.71. The predicted octanol–water partition coefficient (Wildman–Crippen LogP) is 0.575. The van der Waals surface area contributed by atoms with Gasteiger partial charge in [0, 0.05) is 4.88 Å². The van der Waals surface area contributed by atoms with Gasteiger partial charge in [0.05, 0.1) is 6.20 Å². The van der Waals surface area contributed by atoms with Crippen molar-refractivity contribution in [2.24, 2.45) is 0 Å². The predicted molar refractivity (Wildman–Crippen MR) is 63.6 cm³/mol. The van der Waals surface area contributed by atoms with Crippen LogP contribution in [0, 0.1) is 0 Å². The van der Waals surface area contributed by atoms with E-state index in [-0.39, 0.29) is 5.03 Å². The minimum atomic E-state index is -3.93. The second-order valence-electron chi connectivity index (χ2n) is 3.33. The molecule has 2 aromatic rings. The number of hydrogen-bond acceptors (Lipinski definition) is 5. The van der Waals surface area contributed by atoms with Crippen LogP contribution in [0.2, 0.25) is 0 Å². The SMILES string of the molecule is O=C(O)C(NS(=O)(=O)c1ccn[nH]1)c1cccs1. The van der Waals surface area contributed by atoms with Gasteiger partial charge in [-0.3, -0.25) is 9.89 Å². The normalized spacial score (nSPS) is 13.3. The molecule has 0 saturated carbocycles. The first-order chi connectivity index (χ1) is 8.50. The molecule has 0 amide bonds. The Morgan fingerprint density at radius 3 is 2.78 bits per heavy atom. The lowest BCUT2D eigenvalue weighted by molar-refractivity contribution is -0.139. The Balaban J connectivity index is 2.29. The summed E-state index contributed by atoms with van der Waals surface area (Å²) in [5.74, 6) is -1.26. The van der Waals surface area contributed by atoms with Crippen LogP contribution in [0.4, 0.5) is 0 Å². The molecule has 0 aromatic carbocycles. The van der Waals surface area contributed by atoms with Gasteiger partial charge < -0.3 is 5.11 Å². The molecule has 2 rings (SSSR count). The van der Waals surface area contributed by atoms with Crippen molar-refractivity contribution in [2.45, 2.75) is 11.1 Å².